The average Bonchev–Trinajstić information content (AvgIpc) is 2.39. The van der Waals surface area contributed by atoms with Crippen molar-refractivity contribution in [2.24, 2.45) is 5.41 Å². The van der Waals surface area contributed by atoms with E-state index in [1.165, 1.54) is 12.1 Å². The summed E-state index contributed by atoms with van der Waals surface area (Å²) in [6.45, 7) is 5.72. The molecular weight excluding hydrogens is 273 g/mol. The van der Waals surface area contributed by atoms with E-state index in [0.717, 1.165) is 19.4 Å². The summed E-state index contributed by atoms with van der Waals surface area (Å²) in [4.78, 5) is 13.5. The summed E-state index contributed by atoms with van der Waals surface area (Å²) in [5, 5.41) is 9.47. The third-order valence-corrected chi connectivity index (χ3v) is 4.07. The lowest BCUT2D eigenvalue weighted by Crippen LogP contribution is -2.55. The molecule has 0 amide bonds. The van der Waals surface area contributed by atoms with E-state index >= 15 is 0 Å². The van der Waals surface area contributed by atoms with Gasteiger partial charge < -0.3 is 9.84 Å². The fourth-order valence-corrected chi connectivity index (χ4v) is 3.04. The molecule has 0 bridgehead atoms. The SMILES string of the molecule is CC1(C)CCCN(CCOc2ccc(F)cc2)C1C(=O)O. The van der Waals surface area contributed by atoms with Crippen molar-refractivity contribution in [3.63, 3.8) is 0 Å². The number of carbonyl (C=O) groups is 1. The van der Waals surface area contributed by atoms with Crippen LogP contribution in [-0.4, -0.2) is 41.7 Å². The Morgan fingerprint density at radius 2 is 2.10 bits per heavy atom. The minimum absolute atomic E-state index is 0.236. The van der Waals surface area contributed by atoms with Crippen molar-refractivity contribution < 1.29 is 19.0 Å². The first-order chi connectivity index (χ1) is 9.90. The third kappa shape index (κ3) is 3.94. The minimum atomic E-state index is -0.776. The zero-order valence-electron chi connectivity index (χ0n) is 12.5. The van der Waals surface area contributed by atoms with Crippen molar-refractivity contribution in [3.05, 3.63) is 30.1 Å². The fourth-order valence-electron chi connectivity index (χ4n) is 3.04. The highest BCUT2D eigenvalue weighted by Crippen LogP contribution is 2.35. The summed E-state index contributed by atoms with van der Waals surface area (Å²) in [5.41, 5.74) is -0.236. The van der Waals surface area contributed by atoms with Gasteiger partial charge in [0.05, 0.1) is 0 Å². The summed E-state index contributed by atoms with van der Waals surface area (Å²) in [5.74, 6) is -0.480. The van der Waals surface area contributed by atoms with Gasteiger partial charge in [0, 0.05) is 6.54 Å². The Labute approximate surface area is 124 Å². The number of halogens is 1. The Hall–Kier alpha value is -1.62. The van der Waals surface area contributed by atoms with E-state index in [1.807, 2.05) is 18.7 Å². The number of carboxylic acids is 1. The summed E-state index contributed by atoms with van der Waals surface area (Å²) in [6.07, 6.45) is 1.91. The molecule has 1 aliphatic heterocycles. The molecule has 4 nitrogen and oxygen atoms in total. The van der Waals surface area contributed by atoms with Crippen molar-refractivity contribution in [1.82, 2.24) is 4.90 Å². The molecule has 21 heavy (non-hydrogen) atoms. The van der Waals surface area contributed by atoms with Crippen molar-refractivity contribution in [2.75, 3.05) is 19.7 Å². The van der Waals surface area contributed by atoms with Gasteiger partial charge in [0.15, 0.2) is 0 Å². The first-order valence-electron chi connectivity index (χ1n) is 7.25. The molecule has 1 saturated heterocycles. The monoisotopic (exact) mass is 295 g/mol. The second-order valence-corrected chi connectivity index (χ2v) is 6.17. The molecule has 0 spiro atoms. The van der Waals surface area contributed by atoms with E-state index in [9.17, 15) is 14.3 Å². The molecule has 0 radical (unpaired) electrons. The standard InChI is InChI=1S/C16H22FNO3/c1-16(2)8-3-9-18(14(16)15(19)20)10-11-21-13-6-4-12(17)5-7-13/h4-7,14H,3,8-11H2,1-2H3,(H,19,20). The lowest BCUT2D eigenvalue weighted by molar-refractivity contribution is -0.150. The Kier molecular flexibility index (Phi) is 4.83. The number of nitrogens with zero attached hydrogens (tertiary/aromatic N) is 1. The van der Waals surface area contributed by atoms with Crippen LogP contribution in [0, 0.1) is 11.2 Å². The normalized spacial score (nSPS) is 22.0. The second kappa shape index (κ2) is 6.43. The highest BCUT2D eigenvalue weighted by molar-refractivity contribution is 5.74. The van der Waals surface area contributed by atoms with Crippen LogP contribution in [0.15, 0.2) is 24.3 Å². The number of piperidine rings is 1. The van der Waals surface area contributed by atoms with Crippen LogP contribution >= 0.6 is 0 Å². The number of rotatable bonds is 5. The van der Waals surface area contributed by atoms with E-state index < -0.39 is 12.0 Å². The van der Waals surface area contributed by atoms with E-state index in [-0.39, 0.29) is 11.2 Å². The maximum Gasteiger partial charge on any atom is 0.321 e. The number of likely N-dealkylation sites (tertiary alicyclic amines) is 1. The molecule has 2 rings (SSSR count). The van der Waals surface area contributed by atoms with Gasteiger partial charge in [-0.25, -0.2) is 4.39 Å². The predicted octanol–water partition coefficient (Wildman–Crippen LogP) is 2.78. The Bertz CT molecular complexity index is 487. The molecule has 0 saturated carbocycles. The molecule has 1 aromatic rings. The average molecular weight is 295 g/mol. The number of benzene rings is 1. The zero-order chi connectivity index (χ0) is 15.5. The van der Waals surface area contributed by atoms with Crippen LogP contribution in [0.3, 0.4) is 0 Å². The smallest absolute Gasteiger partial charge is 0.321 e. The van der Waals surface area contributed by atoms with Crippen molar-refractivity contribution in [3.8, 4) is 5.75 Å². The molecule has 116 valence electrons. The van der Waals surface area contributed by atoms with Crippen LogP contribution in [0.5, 0.6) is 5.75 Å². The maximum absolute atomic E-state index is 12.8. The van der Waals surface area contributed by atoms with Crippen LogP contribution in [0.4, 0.5) is 4.39 Å². The lowest BCUT2D eigenvalue weighted by Gasteiger charge is -2.43. The van der Waals surface area contributed by atoms with Gasteiger partial charge in [-0.3, -0.25) is 9.69 Å². The fraction of sp³-hybridized carbons (Fsp3) is 0.562. The van der Waals surface area contributed by atoms with Crippen LogP contribution in [0.25, 0.3) is 0 Å². The molecule has 0 aliphatic carbocycles. The van der Waals surface area contributed by atoms with Gasteiger partial charge in [-0.05, 0) is 49.1 Å². The first-order valence-corrected chi connectivity index (χ1v) is 7.25. The third-order valence-electron chi connectivity index (χ3n) is 4.07. The van der Waals surface area contributed by atoms with E-state index in [2.05, 4.69) is 0 Å². The Balaban J connectivity index is 1.91. The van der Waals surface area contributed by atoms with Crippen molar-refractivity contribution in [2.45, 2.75) is 32.7 Å². The van der Waals surface area contributed by atoms with Crippen LogP contribution < -0.4 is 4.74 Å². The van der Waals surface area contributed by atoms with E-state index in [0.29, 0.717) is 18.9 Å². The zero-order valence-corrected chi connectivity index (χ0v) is 12.5. The van der Waals surface area contributed by atoms with E-state index in [1.54, 1.807) is 12.1 Å². The number of ether oxygens (including phenoxy) is 1. The molecular formula is C16H22FNO3. The van der Waals surface area contributed by atoms with Crippen LogP contribution in [-0.2, 0) is 4.79 Å². The second-order valence-electron chi connectivity index (χ2n) is 6.17. The highest BCUT2D eigenvalue weighted by Gasteiger charge is 2.42. The number of carboxylic acid groups (broad SMARTS) is 1. The molecule has 1 heterocycles. The van der Waals surface area contributed by atoms with Crippen LogP contribution in [0.1, 0.15) is 26.7 Å². The maximum atomic E-state index is 12.8. The highest BCUT2D eigenvalue weighted by atomic mass is 19.1. The molecule has 1 N–H and O–H groups in total. The predicted molar refractivity (Wildman–Crippen MR) is 77.9 cm³/mol. The number of aliphatic carboxylic acids is 1. The van der Waals surface area contributed by atoms with Gasteiger partial charge in [-0.15, -0.1) is 0 Å². The molecule has 0 aromatic heterocycles. The van der Waals surface area contributed by atoms with Crippen molar-refractivity contribution in [1.29, 1.82) is 0 Å². The Morgan fingerprint density at radius 1 is 1.43 bits per heavy atom. The summed E-state index contributed by atoms with van der Waals surface area (Å²) >= 11 is 0. The number of hydrogen-bond donors (Lipinski definition) is 1. The first kappa shape index (κ1) is 15.8. The Morgan fingerprint density at radius 3 is 2.71 bits per heavy atom. The topological polar surface area (TPSA) is 49.8 Å². The molecule has 1 fully saturated rings. The largest absolute Gasteiger partial charge is 0.492 e. The van der Waals surface area contributed by atoms with Gasteiger partial charge in [0.1, 0.15) is 24.2 Å². The van der Waals surface area contributed by atoms with Gasteiger partial charge >= 0.3 is 5.97 Å². The van der Waals surface area contributed by atoms with E-state index in [4.69, 9.17) is 4.74 Å². The molecule has 1 aromatic carbocycles. The molecule has 1 atom stereocenters. The van der Waals surface area contributed by atoms with Gasteiger partial charge in [0.2, 0.25) is 0 Å². The molecule has 5 heteroatoms. The molecule has 1 unspecified atom stereocenters. The van der Waals surface area contributed by atoms with Crippen molar-refractivity contribution >= 4 is 5.97 Å². The van der Waals surface area contributed by atoms with Gasteiger partial charge in [-0.2, -0.15) is 0 Å². The van der Waals surface area contributed by atoms with Crippen LogP contribution in [0.2, 0.25) is 0 Å². The lowest BCUT2D eigenvalue weighted by atomic mass is 9.76. The van der Waals surface area contributed by atoms with Gasteiger partial charge in [0.25, 0.3) is 0 Å². The quantitative estimate of drug-likeness (QED) is 0.907. The van der Waals surface area contributed by atoms with Gasteiger partial charge in [-0.1, -0.05) is 13.8 Å². The minimum Gasteiger partial charge on any atom is -0.492 e. The summed E-state index contributed by atoms with van der Waals surface area (Å²) in [6, 6.07) is 5.36. The summed E-state index contributed by atoms with van der Waals surface area (Å²) < 4.78 is 18.4. The molecule has 1 aliphatic rings. The number of hydrogen-bond acceptors (Lipinski definition) is 3. The summed E-state index contributed by atoms with van der Waals surface area (Å²) in [7, 11) is 0.